The Bertz CT molecular complexity index is 831. The molecule has 1 aromatic carbocycles. The zero-order valence-corrected chi connectivity index (χ0v) is 12.1. The van der Waals surface area contributed by atoms with Crippen LogP contribution in [-0.2, 0) is 6.42 Å². The van der Waals surface area contributed by atoms with E-state index in [1.54, 1.807) is 12.1 Å². The van der Waals surface area contributed by atoms with Crippen molar-refractivity contribution in [2.45, 2.75) is 26.2 Å². The molecule has 22 heavy (non-hydrogen) atoms. The molecule has 0 bridgehead atoms. The number of hydrogen-bond donors (Lipinski definition) is 1. The van der Waals surface area contributed by atoms with Gasteiger partial charge in [0, 0.05) is 23.4 Å². The maximum Gasteiger partial charge on any atom is 0.341 e. The first-order valence-corrected chi connectivity index (χ1v) is 7.11. The van der Waals surface area contributed by atoms with E-state index < -0.39 is 11.5 Å². The molecule has 5 heteroatoms. The van der Waals surface area contributed by atoms with E-state index in [9.17, 15) is 19.5 Å². The molecule has 3 rings (SSSR count). The highest BCUT2D eigenvalue weighted by Gasteiger charge is 2.25. The molecule has 2 aromatic rings. The number of rotatable bonds is 2. The third kappa shape index (κ3) is 2.24. The summed E-state index contributed by atoms with van der Waals surface area (Å²) in [5.41, 5.74) is 1.62. The highest BCUT2D eigenvalue weighted by molar-refractivity contribution is 6.00. The van der Waals surface area contributed by atoms with Gasteiger partial charge in [0.15, 0.2) is 5.78 Å². The van der Waals surface area contributed by atoms with Crippen LogP contribution in [0.3, 0.4) is 0 Å². The van der Waals surface area contributed by atoms with Gasteiger partial charge in [0.05, 0.1) is 0 Å². The number of benzene rings is 1. The lowest BCUT2D eigenvalue weighted by Crippen LogP contribution is -2.31. The summed E-state index contributed by atoms with van der Waals surface area (Å²) in [5, 5.41) is 9.24. The Kier molecular flexibility index (Phi) is 3.41. The number of aromatic nitrogens is 1. The maximum absolute atomic E-state index is 12.5. The van der Waals surface area contributed by atoms with Crippen molar-refractivity contribution in [1.82, 2.24) is 4.57 Å². The van der Waals surface area contributed by atoms with Crippen molar-refractivity contribution in [3.63, 3.8) is 0 Å². The second kappa shape index (κ2) is 5.26. The van der Waals surface area contributed by atoms with Gasteiger partial charge in [0.1, 0.15) is 5.56 Å². The molecule has 1 aromatic heterocycles. The van der Waals surface area contributed by atoms with Gasteiger partial charge in [-0.2, -0.15) is 0 Å². The van der Waals surface area contributed by atoms with Crippen LogP contribution in [0.5, 0.6) is 0 Å². The summed E-state index contributed by atoms with van der Waals surface area (Å²) in [6.07, 6.45) is 1.64. The molecule has 1 N–H and O–H groups in total. The number of carbonyl (C=O) groups excluding carboxylic acids is 1. The van der Waals surface area contributed by atoms with Crippen LogP contribution in [0.4, 0.5) is 0 Å². The Labute approximate surface area is 126 Å². The standard InChI is InChI=1S/C17H15NO4/c1-10-5-7-11(8-6-10)18-14-3-2-4-15(19)12(14)9-13(16(18)20)17(21)22/h5-9H,2-4H2,1H3,(H,21,22). The Hall–Kier alpha value is -2.69. The summed E-state index contributed by atoms with van der Waals surface area (Å²) in [6.45, 7) is 1.93. The molecule has 112 valence electrons. The minimum atomic E-state index is -1.31. The average molecular weight is 297 g/mol. The van der Waals surface area contributed by atoms with E-state index in [1.165, 1.54) is 10.6 Å². The number of fused-ring (bicyclic) bond motifs is 1. The first-order valence-electron chi connectivity index (χ1n) is 7.11. The number of nitrogens with zero attached hydrogens (tertiary/aromatic N) is 1. The molecule has 0 aliphatic heterocycles. The molecule has 5 nitrogen and oxygen atoms in total. The molecule has 0 spiro atoms. The minimum absolute atomic E-state index is 0.107. The van der Waals surface area contributed by atoms with Gasteiger partial charge in [-0.15, -0.1) is 0 Å². The summed E-state index contributed by atoms with van der Waals surface area (Å²) in [6, 6.07) is 8.47. The van der Waals surface area contributed by atoms with Crippen LogP contribution in [0, 0.1) is 6.92 Å². The molecule has 0 atom stereocenters. The molecule has 0 fully saturated rings. The molecule has 0 saturated heterocycles. The van der Waals surface area contributed by atoms with Gasteiger partial charge < -0.3 is 5.11 Å². The Morgan fingerprint density at radius 3 is 2.45 bits per heavy atom. The van der Waals surface area contributed by atoms with Gasteiger partial charge in [0.2, 0.25) is 0 Å². The van der Waals surface area contributed by atoms with E-state index in [2.05, 4.69) is 0 Å². The predicted molar refractivity (Wildman–Crippen MR) is 81.0 cm³/mol. The van der Waals surface area contributed by atoms with Crippen molar-refractivity contribution < 1.29 is 14.7 Å². The van der Waals surface area contributed by atoms with Crippen molar-refractivity contribution >= 4 is 11.8 Å². The number of pyridine rings is 1. The number of ketones is 1. The number of carboxylic acids is 1. The fourth-order valence-corrected chi connectivity index (χ4v) is 2.81. The van der Waals surface area contributed by atoms with E-state index in [0.717, 1.165) is 5.56 Å². The number of hydrogen-bond acceptors (Lipinski definition) is 3. The summed E-state index contributed by atoms with van der Waals surface area (Å²) < 4.78 is 1.37. The van der Waals surface area contributed by atoms with Crippen molar-refractivity contribution in [3.05, 3.63) is 63.1 Å². The van der Waals surface area contributed by atoms with Gasteiger partial charge >= 0.3 is 5.97 Å². The molecule has 1 aliphatic rings. The summed E-state index contributed by atoms with van der Waals surface area (Å²) >= 11 is 0. The first kappa shape index (κ1) is 14.3. The van der Waals surface area contributed by atoms with Crippen LogP contribution in [0.15, 0.2) is 35.1 Å². The highest BCUT2D eigenvalue weighted by atomic mass is 16.4. The zero-order valence-electron chi connectivity index (χ0n) is 12.1. The molecule has 1 heterocycles. The Balaban J connectivity index is 2.36. The smallest absolute Gasteiger partial charge is 0.341 e. The van der Waals surface area contributed by atoms with E-state index in [-0.39, 0.29) is 11.3 Å². The Morgan fingerprint density at radius 2 is 1.82 bits per heavy atom. The van der Waals surface area contributed by atoms with Crippen molar-refractivity contribution in [2.24, 2.45) is 0 Å². The minimum Gasteiger partial charge on any atom is -0.477 e. The summed E-state index contributed by atoms with van der Waals surface area (Å²) in [4.78, 5) is 36.0. The van der Waals surface area contributed by atoms with E-state index >= 15 is 0 Å². The van der Waals surface area contributed by atoms with Crippen molar-refractivity contribution in [3.8, 4) is 5.69 Å². The van der Waals surface area contributed by atoms with Crippen LogP contribution in [0.2, 0.25) is 0 Å². The van der Waals surface area contributed by atoms with Gasteiger partial charge in [0.25, 0.3) is 5.56 Å². The van der Waals surface area contributed by atoms with E-state index in [1.807, 2.05) is 19.1 Å². The lowest BCUT2D eigenvalue weighted by atomic mass is 9.93. The van der Waals surface area contributed by atoms with Gasteiger partial charge in [-0.05, 0) is 38.0 Å². The van der Waals surface area contributed by atoms with Crippen LogP contribution in [-0.4, -0.2) is 21.4 Å². The second-order valence-electron chi connectivity index (χ2n) is 5.48. The largest absolute Gasteiger partial charge is 0.477 e. The highest BCUT2D eigenvalue weighted by Crippen LogP contribution is 2.23. The number of carboxylic acid groups (broad SMARTS) is 1. The lowest BCUT2D eigenvalue weighted by Gasteiger charge is -2.21. The summed E-state index contributed by atoms with van der Waals surface area (Å²) in [5.74, 6) is -1.42. The number of carbonyl (C=O) groups is 2. The molecule has 0 amide bonds. The third-order valence-corrected chi connectivity index (χ3v) is 3.94. The molecule has 0 radical (unpaired) electrons. The fraction of sp³-hybridized carbons (Fsp3) is 0.235. The molecule has 0 unspecified atom stereocenters. The second-order valence-corrected chi connectivity index (χ2v) is 5.48. The molecule has 1 aliphatic carbocycles. The van der Waals surface area contributed by atoms with Gasteiger partial charge in [-0.25, -0.2) is 4.79 Å². The number of Topliss-reactive ketones (excluding diaryl/α,β-unsaturated/α-hetero) is 1. The van der Waals surface area contributed by atoms with Crippen LogP contribution >= 0.6 is 0 Å². The quantitative estimate of drug-likeness (QED) is 0.923. The average Bonchev–Trinajstić information content (AvgIpc) is 2.48. The third-order valence-electron chi connectivity index (χ3n) is 3.94. The van der Waals surface area contributed by atoms with Crippen molar-refractivity contribution in [2.75, 3.05) is 0 Å². The maximum atomic E-state index is 12.5. The monoisotopic (exact) mass is 297 g/mol. The van der Waals surface area contributed by atoms with Crippen LogP contribution in [0.25, 0.3) is 5.69 Å². The van der Waals surface area contributed by atoms with E-state index in [0.29, 0.717) is 36.2 Å². The van der Waals surface area contributed by atoms with Crippen molar-refractivity contribution in [1.29, 1.82) is 0 Å². The normalized spacial score (nSPS) is 13.8. The number of aromatic carboxylic acids is 1. The van der Waals surface area contributed by atoms with Crippen LogP contribution < -0.4 is 5.56 Å². The topological polar surface area (TPSA) is 76.4 Å². The fourth-order valence-electron chi connectivity index (χ4n) is 2.81. The van der Waals surface area contributed by atoms with E-state index in [4.69, 9.17) is 0 Å². The predicted octanol–water partition coefficient (Wildman–Crippen LogP) is 2.36. The zero-order chi connectivity index (χ0) is 15.9. The molecule has 0 saturated carbocycles. The Morgan fingerprint density at radius 1 is 1.14 bits per heavy atom. The number of aryl methyl sites for hydroxylation is 1. The SMILES string of the molecule is Cc1ccc(-n2c3c(cc(C(=O)O)c2=O)C(=O)CCC3)cc1. The van der Waals surface area contributed by atoms with Gasteiger partial charge in [-0.1, -0.05) is 17.7 Å². The lowest BCUT2D eigenvalue weighted by molar-refractivity contribution is 0.0694. The summed E-state index contributed by atoms with van der Waals surface area (Å²) in [7, 11) is 0. The van der Waals surface area contributed by atoms with Gasteiger partial charge in [-0.3, -0.25) is 14.2 Å². The first-order chi connectivity index (χ1) is 10.5. The van der Waals surface area contributed by atoms with Crippen LogP contribution in [0.1, 0.15) is 44.8 Å². The molecular formula is C17H15NO4. The molecular weight excluding hydrogens is 282 g/mol.